The fraction of sp³-hybridized carbons (Fsp3) is 0.333. The molecule has 0 aliphatic rings. The van der Waals surface area contributed by atoms with E-state index in [4.69, 9.17) is 4.55 Å². The van der Waals surface area contributed by atoms with Crippen molar-refractivity contribution in [2.24, 2.45) is 0 Å². The molecule has 0 saturated carbocycles. The SMILES string of the molecule is O=S(=O)(O)Cn1ccnn1. The molecule has 1 N–H and O–H groups in total. The first-order chi connectivity index (χ1) is 4.58. The van der Waals surface area contributed by atoms with Gasteiger partial charge in [0.15, 0.2) is 5.88 Å². The van der Waals surface area contributed by atoms with Crippen molar-refractivity contribution in [3.63, 3.8) is 0 Å². The van der Waals surface area contributed by atoms with E-state index in [1.165, 1.54) is 12.4 Å². The van der Waals surface area contributed by atoms with E-state index in [2.05, 4.69) is 10.3 Å². The van der Waals surface area contributed by atoms with Gasteiger partial charge in [0.25, 0.3) is 10.1 Å². The Morgan fingerprint density at radius 1 is 1.60 bits per heavy atom. The summed E-state index contributed by atoms with van der Waals surface area (Å²) in [6.07, 6.45) is 2.67. The number of hydrogen-bond acceptors (Lipinski definition) is 4. The van der Waals surface area contributed by atoms with E-state index in [0.29, 0.717) is 0 Å². The van der Waals surface area contributed by atoms with E-state index >= 15 is 0 Å². The molecule has 10 heavy (non-hydrogen) atoms. The standard InChI is InChI=1S/C3H5N3O3S/c7-10(8,9)3-6-2-1-4-5-6/h1-2H,3H2,(H,7,8,9). The van der Waals surface area contributed by atoms with Crippen LogP contribution in [0.2, 0.25) is 0 Å². The average molecular weight is 163 g/mol. The molecular weight excluding hydrogens is 158 g/mol. The maximum Gasteiger partial charge on any atom is 0.285 e. The summed E-state index contributed by atoms with van der Waals surface area (Å²) in [6.45, 7) is 0. The summed E-state index contributed by atoms with van der Waals surface area (Å²) in [5, 5.41) is 6.67. The Balaban J connectivity index is 2.75. The summed E-state index contributed by atoms with van der Waals surface area (Å²) in [7, 11) is -3.99. The zero-order valence-corrected chi connectivity index (χ0v) is 5.69. The highest BCUT2D eigenvalue weighted by molar-refractivity contribution is 7.84. The Kier molecular flexibility index (Phi) is 1.68. The second kappa shape index (κ2) is 2.35. The van der Waals surface area contributed by atoms with Gasteiger partial charge in [-0.25, -0.2) is 4.68 Å². The van der Waals surface area contributed by atoms with Crippen molar-refractivity contribution in [1.82, 2.24) is 15.0 Å². The van der Waals surface area contributed by atoms with Crippen molar-refractivity contribution in [3.05, 3.63) is 12.4 Å². The lowest BCUT2D eigenvalue weighted by atomic mass is 10.9. The summed E-state index contributed by atoms with van der Waals surface area (Å²) in [5.74, 6) is -0.549. The third-order valence-corrected chi connectivity index (χ3v) is 1.36. The molecule has 0 aliphatic heterocycles. The first kappa shape index (κ1) is 7.16. The molecule has 0 radical (unpaired) electrons. The van der Waals surface area contributed by atoms with Gasteiger partial charge >= 0.3 is 0 Å². The van der Waals surface area contributed by atoms with Crippen molar-refractivity contribution in [1.29, 1.82) is 0 Å². The normalized spacial score (nSPS) is 11.7. The van der Waals surface area contributed by atoms with Crippen molar-refractivity contribution in [3.8, 4) is 0 Å². The first-order valence-corrected chi connectivity index (χ1v) is 3.98. The molecule has 0 unspecified atom stereocenters. The van der Waals surface area contributed by atoms with Crippen LogP contribution in [-0.2, 0) is 16.0 Å². The van der Waals surface area contributed by atoms with Crippen LogP contribution < -0.4 is 0 Å². The van der Waals surface area contributed by atoms with E-state index < -0.39 is 16.0 Å². The zero-order valence-electron chi connectivity index (χ0n) is 4.88. The summed E-state index contributed by atoms with van der Waals surface area (Å²) < 4.78 is 29.6. The molecule has 0 aromatic carbocycles. The number of hydrogen-bond donors (Lipinski definition) is 1. The average Bonchev–Trinajstić information content (AvgIpc) is 2.12. The predicted molar refractivity (Wildman–Crippen MR) is 31.6 cm³/mol. The Morgan fingerprint density at radius 2 is 2.30 bits per heavy atom. The molecule has 1 aromatic heterocycles. The van der Waals surface area contributed by atoms with Crippen LogP contribution >= 0.6 is 0 Å². The van der Waals surface area contributed by atoms with Crippen LogP contribution in [0.5, 0.6) is 0 Å². The monoisotopic (exact) mass is 163 g/mol. The molecule has 0 bridgehead atoms. The van der Waals surface area contributed by atoms with Gasteiger partial charge in [0.1, 0.15) is 0 Å². The third kappa shape index (κ3) is 2.11. The predicted octanol–water partition coefficient (Wildman–Crippen LogP) is -0.877. The number of nitrogens with zero attached hydrogens (tertiary/aromatic N) is 3. The van der Waals surface area contributed by atoms with Crippen molar-refractivity contribution in [2.75, 3.05) is 0 Å². The summed E-state index contributed by atoms with van der Waals surface area (Å²) >= 11 is 0. The van der Waals surface area contributed by atoms with Crippen LogP contribution in [0.4, 0.5) is 0 Å². The highest BCUT2D eigenvalue weighted by atomic mass is 32.2. The van der Waals surface area contributed by atoms with Crippen molar-refractivity contribution in [2.45, 2.75) is 5.88 Å². The second-order valence-corrected chi connectivity index (χ2v) is 3.08. The highest BCUT2D eigenvalue weighted by Gasteiger charge is 2.04. The molecule has 1 heterocycles. The Labute approximate surface area is 57.2 Å². The van der Waals surface area contributed by atoms with Crippen LogP contribution in [-0.4, -0.2) is 28.0 Å². The molecule has 0 aliphatic carbocycles. The number of rotatable bonds is 2. The summed E-state index contributed by atoms with van der Waals surface area (Å²) in [6, 6.07) is 0. The van der Waals surface area contributed by atoms with Gasteiger partial charge in [-0.2, -0.15) is 8.42 Å². The van der Waals surface area contributed by atoms with Crippen molar-refractivity contribution >= 4 is 10.1 Å². The van der Waals surface area contributed by atoms with E-state index in [1.54, 1.807) is 0 Å². The van der Waals surface area contributed by atoms with Gasteiger partial charge < -0.3 is 0 Å². The largest absolute Gasteiger partial charge is 0.285 e. The Morgan fingerprint density at radius 3 is 2.70 bits per heavy atom. The third-order valence-electron chi connectivity index (χ3n) is 0.767. The van der Waals surface area contributed by atoms with Gasteiger partial charge in [-0.1, -0.05) is 5.21 Å². The fourth-order valence-electron chi connectivity index (χ4n) is 0.469. The molecule has 0 fully saturated rings. The van der Waals surface area contributed by atoms with Crippen LogP contribution in [0.3, 0.4) is 0 Å². The smallest absolute Gasteiger partial charge is 0.284 e. The lowest BCUT2D eigenvalue weighted by Gasteiger charge is -1.93. The molecule has 56 valence electrons. The minimum Gasteiger partial charge on any atom is -0.284 e. The van der Waals surface area contributed by atoms with Gasteiger partial charge in [-0.3, -0.25) is 4.55 Å². The Hall–Kier alpha value is -0.950. The summed E-state index contributed by atoms with van der Waals surface area (Å²) in [5.41, 5.74) is 0. The minimum absolute atomic E-state index is 0.549. The Bertz CT molecular complexity index is 289. The van der Waals surface area contributed by atoms with E-state index in [9.17, 15) is 8.42 Å². The molecule has 0 amide bonds. The molecule has 6 nitrogen and oxygen atoms in total. The highest BCUT2D eigenvalue weighted by Crippen LogP contribution is 1.87. The van der Waals surface area contributed by atoms with E-state index in [0.717, 1.165) is 4.68 Å². The van der Waals surface area contributed by atoms with Gasteiger partial charge in [-0.15, -0.1) is 5.10 Å². The van der Waals surface area contributed by atoms with Gasteiger partial charge in [0.05, 0.1) is 6.20 Å². The molecular formula is C3H5N3O3S. The maximum absolute atomic E-state index is 10.2. The lowest BCUT2D eigenvalue weighted by molar-refractivity contribution is 0.465. The molecule has 1 rings (SSSR count). The molecule has 1 aromatic rings. The second-order valence-electron chi connectivity index (χ2n) is 1.65. The zero-order chi connectivity index (χ0) is 7.61. The topological polar surface area (TPSA) is 85.1 Å². The van der Waals surface area contributed by atoms with Crippen LogP contribution in [0.25, 0.3) is 0 Å². The first-order valence-electron chi connectivity index (χ1n) is 2.37. The fourth-order valence-corrected chi connectivity index (χ4v) is 0.941. The summed E-state index contributed by atoms with van der Waals surface area (Å²) in [4.78, 5) is 0. The van der Waals surface area contributed by atoms with E-state index in [1.807, 2.05) is 0 Å². The quantitative estimate of drug-likeness (QED) is 0.572. The van der Waals surface area contributed by atoms with Gasteiger partial charge in [-0.05, 0) is 0 Å². The molecule has 0 spiro atoms. The van der Waals surface area contributed by atoms with Crippen LogP contribution in [0, 0.1) is 0 Å². The van der Waals surface area contributed by atoms with Gasteiger partial charge in [0, 0.05) is 6.20 Å². The van der Waals surface area contributed by atoms with Gasteiger partial charge in [0.2, 0.25) is 0 Å². The molecule has 0 atom stereocenters. The number of aromatic nitrogens is 3. The molecule has 0 saturated heterocycles. The van der Waals surface area contributed by atoms with Crippen molar-refractivity contribution < 1.29 is 13.0 Å². The maximum atomic E-state index is 10.2. The molecule has 7 heteroatoms. The minimum atomic E-state index is -3.99. The van der Waals surface area contributed by atoms with Crippen LogP contribution in [0.15, 0.2) is 12.4 Å². The van der Waals surface area contributed by atoms with Crippen LogP contribution in [0.1, 0.15) is 0 Å². The van der Waals surface area contributed by atoms with E-state index in [-0.39, 0.29) is 0 Å². The lowest BCUT2D eigenvalue weighted by Crippen LogP contribution is -2.09.